The number of hydrogen-bond donors (Lipinski definition) is 1. The molecule has 108 valence electrons. The van der Waals surface area contributed by atoms with Gasteiger partial charge in [0.05, 0.1) is 15.6 Å². The van der Waals surface area contributed by atoms with Crippen molar-refractivity contribution in [3.8, 4) is 5.75 Å². The molecule has 5 heteroatoms. The molecule has 1 aromatic carbocycles. The third-order valence-electron chi connectivity index (χ3n) is 2.72. The maximum absolute atomic E-state index is 5.81. The predicted molar refractivity (Wildman–Crippen MR) is 88.1 cm³/mol. The average Bonchev–Trinajstić information content (AvgIpc) is 2.34. The van der Waals surface area contributed by atoms with Crippen LogP contribution in [0.25, 0.3) is 0 Å². The number of rotatable bonds is 8. The van der Waals surface area contributed by atoms with Crippen molar-refractivity contribution < 1.29 is 4.74 Å². The summed E-state index contributed by atoms with van der Waals surface area (Å²) < 4.78 is 7.83. The molecule has 0 aliphatic carbocycles. The van der Waals surface area contributed by atoms with Crippen LogP contribution in [-0.4, -0.2) is 45.7 Å². The van der Waals surface area contributed by atoms with Crippen molar-refractivity contribution in [2.45, 2.75) is 12.8 Å². The van der Waals surface area contributed by atoms with Crippen molar-refractivity contribution in [3.63, 3.8) is 0 Å². The first-order chi connectivity index (χ1) is 9.04. The molecule has 0 heterocycles. The van der Waals surface area contributed by atoms with Crippen molar-refractivity contribution in [3.05, 3.63) is 26.6 Å². The molecule has 0 spiro atoms. The summed E-state index contributed by atoms with van der Waals surface area (Å²) in [6, 6.07) is 4.28. The van der Waals surface area contributed by atoms with Gasteiger partial charge in [0.1, 0.15) is 5.75 Å². The highest BCUT2D eigenvalue weighted by molar-refractivity contribution is 9.11. The van der Waals surface area contributed by atoms with Gasteiger partial charge in [0.15, 0.2) is 0 Å². The van der Waals surface area contributed by atoms with Crippen LogP contribution in [0.3, 0.4) is 0 Å². The topological polar surface area (TPSA) is 24.5 Å². The van der Waals surface area contributed by atoms with Crippen LogP contribution >= 0.6 is 31.9 Å². The Morgan fingerprint density at radius 3 is 2.37 bits per heavy atom. The Morgan fingerprint density at radius 2 is 1.84 bits per heavy atom. The van der Waals surface area contributed by atoms with Crippen LogP contribution in [-0.2, 0) is 6.42 Å². The fraction of sp³-hybridized carbons (Fsp3) is 0.571. The highest BCUT2D eigenvalue weighted by Crippen LogP contribution is 2.35. The molecular weight excluding hydrogens is 372 g/mol. The molecule has 0 amide bonds. The number of nitrogens with one attached hydrogen (secondary N) is 1. The van der Waals surface area contributed by atoms with Gasteiger partial charge in [-0.2, -0.15) is 0 Å². The van der Waals surface area contributed by atoms with Gasteiger partial charge in [-0.05, 0) is 90.1 Å². The Labute approximate surface area is 133 Å². The van der Waals surface area contributed by atoms with Crippen LogP contribution in [0, 0.1) is 0 Å². The minimum atomic E-state index is 0.717. The van der Waals surface area contributed by atoms with Crippen LogP contribution in [0.15, 0.2) is 21.1 Å². The van der Waals surface area contributed by atoms with E-state index in [0.29, 0.717) is 0 Å². The summed E-state index contributed by atoms with van der Waals surface area (Å²) in [6.07, 6.45) is 2.03. The van der Waals surface area contributed by atoms with Gasteiger partial charge in [0.2, 0.25) is 0 Å². The first-order valence-electron chi connectivity index (χ1n) is 6.44. The van der Waals surface area contributed by atoms with E-state index in [1.54, 1.807) is 0 Å². The summed E-state index contributed by atoms with van der Waals surface area (Å²) in [5.41, 5.74) is 1.30. The first kappa shape index (κ1) is 17.0. The summed E-state index contributed by atoms with van der Waals surface area (Å²) in [5, 5.41) is 3.11. The molecule has 0 saturated heterocycles. The van der Waals surface area contributed by atoms with Crippen molar-refractivity contribution >= 4 is 31.9 Å². The normalized spacial score (nSPS) is 11.1. The van der Waals surface area contributed by atoms with E-state index in [1.807, 2.05) is 7.05 Å². The van der Waals surface area contributed by atoms with E-state index in [9.17, 15) is 0 Å². The van der Waals surface area contributed by atoms with Gasteiger partial charge in [0.25, 0.3) is 0 Å². The number of likely N-dealkylation sites (N-methyl/N-ethyl adjacent to an activating group) is 1. The van der Waals surface area contributed by atoms with E-state index in [1.165, 1.54) is 5.56 Å². The van der Waals surface area contributed by atoms with Crippen LogP contribution < -0.4 is 10.1 Å². The molecule has 1 N–H and O–H groups in total. The second-order valence-electron chi connectivity index (χ2n) is 4.75. The lowest BCUT2D eigenvalue weighted by molar-refractivity contribution is 0.306. The van der Waals surface area contributed by atoms with Crippen LogP contribution in [0.4, 0.5) is 0 Å². The minimum absolute atomic E-state index is 0.717. The molecule has 0 saturated carbocycles. The molecule has 0 aliphatic heterocycles. The van der Waals surface area contributed by atoms with E-state index >= 15 is 0 Å². The predicted octanol–water partition coefficient (Wildman–Crippen LogP) is 3.30. The summed E-state index contributed by atoms with van der Waals surface area (Å²) in [4.78, 5) is 2.18. The van der Waals surface area contributed by atoms with E-state index < -0.39 is 0 Å². The molecule has 3 nitrogen and oxygen atoms in total. The molecule has 0 unspecified atom stereocenters. The molecule has 1 rings (SSSR count). The largest absolute Gasteiger partial charge is 0.491 e. The maximum Gasteiger partial charge on any atom is 0.147 e. The SMILES string of the molecule is CNCCCOc1c(Br)cc(CCN(C)C)cc1Br. The second kappa shape index (κ2) is 8.95. The fourth-order valence-corrected chi connectivity index (χ4v) is 3.18. The van der Waals surface area contributed by atoms with Gasteiger partial charge in [-0.3, -0.25) is 0 Å². The van der Waals surface area contributed by atoms with E-state index in [4.69, 9.17) is 4.74 Å². The highest BCUT2D eigenvalue weighted by Gasteiger charge is 2.09. The minimum Gasteiger partial charge on any atom is -0.491 e. The molecular formula is C14H22Br2N2O. The zero-order chi connectivity index (χ0) is 14.3. The number of nitrogens with zero attached hydrogens (tertiary/aromatic N) is 1. The Kier molecular flexibility index (Phi) is 7.99. The average molecular weight is 394 g/mol. The number of benzene rings is 1. The molecule has 0 atom stereocenters. The Bertz CT molecular complexity index is 374. The molecule has 1 aromatic rings. The van der Waals surface area contributed by atoms with Crippen molar-refractivity contribution in [1.82, 2.24) is 10.2 Å². The summed E-state index contributed by atoms with van der Waals surface area (Å²) in [6.45, 7) is 2.73. The van der Waals surface area contributed by atoms with Crippen LogP contribution in [0.2, 0.25) is 0 Å². The van der Waals surface area contributed by atoms with Gasteiger partial charge < -0.3 is 15.0 Å². The van der Waals surface area contributed by atoms with Crippen molar-refractivity contribution in [2.75, 3.05) is 40.8 Å². The van der Waals surface area contributed by atoms with Gasteiger partial charge in [-0.25, -0.2) is 0 Å². The van der Waals surface area contributed by atoms with Gasteiger partial charge in [-0.15, -0.1) is 0 Å². The van der Waals surface area contributed by atoms with Crippen molar-refractivity contribution in [1.29, 1.82) is 0 Å². The van der Waals surface area contributed by atoms with Crippen molar-refractivity contribution in [2.24, 2.45) is 0 Å². The molecule has 0 radical (unpaired) electrons. The number of halogens is 2. The summed E-state index contributed by atoms with van der Waals surface area (Å²) in [7, 11) is 6.12. The lowest BCUT2D eigenvalue weighted by Crippen LogP contribution is -2.15. The molecule has 19 heavy (non-hydrogen) atoms. The first-order valence-corrected chi connectivity index (χ1v) is 8.03. The monoisotopic (exact) mass is 392 g/mol. The molecule has 0 bridgehead atoms. The highest BCUT2D eigenvalue weighted by atomic mass is 79.9. The number of ether oxygens (including phenoxy) is 1. The van der Waals surface area contributed by atoms with E-state index in [2.05, 4.69) is 68.3 Å². The maximum atomic E-state index is 5.81. The third-order valence-corrected chi connectivity index (χ3v) is 3.90. The Balaban J connectivity index is 2.63. The quantitative estimate of drug-likeness (QED) is 0.685. The fourth-order valence-electron chi connectivity index (χ4n) is 1.67. The smallest absolute Gasteiger partial charge is 0.147 e. The van der Waals surface area contributed by atoms with Gasteiger partial charge in [0, 0.05) is 6.54 Å². The van der Waals surface area contributed by atoms with Gasteiger partial charge in [-0.1, -0.05) is 0 Å². The van der Waals surface area contributed by atoms with Crippen LogP contribution in [0.1, 0.15) is 12.0 Å². The summed E-state index contributed by atoms with van der Waals surface area (Å²) >= 11 is 7.18. The molecule has 0 aromatic heterocycles. The number of hydrogen-bond acceptors (Lipinski definition) is 3. The summed E-state index contributed by atoms with van der Waals surface area (Å²) in [5.74, 6) is 0.893. The standard InChI is InChI=1S/C14H22Br2N2O/c1-17-6-4-8-19-14-12(15)9-11(10-13(14)16)5-7-18(2)3/h9-10,17H,4-8H2,1-3H3. The second-order valence-corrected chi connectivity index (χ2v) is 6.46. The zero-order valence-electron chi connectivity index (χ0n) is 11.8. The molecule has 0 aliphatic rings. The lowest BCUT2D eigenvalue weighted by Gasteiger charge is -2.14. The molecule has 0 fully saturated rings. The Hall–Kier alpha value is -0.100. The zero-order valence-corrected chi connectivity index (χ0v) is 15.0. The third kappa shape index (κ3) is 6.25. The van der Waals surface area contributed by atoms with E-state index in [0.717, 1.165) is 47.2 Å². The van der Waals surface area contributed by atoms with Gasteiger partial charge >= 0.3 is 0 Å². The van der Waals surface area contributed by atoms with E-state index in [-0.39, 0.29) is 0 Å². The Morgan fingerprint density at radius 1 is 1.21 bits per heavy atom. The lowest BCUT2D eigenvalue weighted by atomic mass is 10.1. The van der Waals surface area contributed by atoms with Crippen LogP contribution in [0.5, 0.6) is 5.75 Å².